The van der Waals surface area contributed by atoms with Gasteiger partial charge in [0.15, 0.2) is 0 Å². The molecular weight excluding hydrogens is 523 g/mol. The molecule has 0 amide bonds. The summed E-state index contributed by atoms with van der Waals surface area (Å²) < 4.78 is 58.8. The minimum Gasteiger partial charge on any atom is -0.295 e. The van der Waals surface area contributed by atoms with Gasteiger partial charge in [-0.2, -0.15) is 0 Å². The quantitative estimate of drug-likeness (QED) is 0.415. The van der Waals surface area contributed by atoms with Crippen molar-refractivity contribution in [3.63, 3.8) is 0 Å². The van der Waals surface area contributed by atoms with Gasteiger partial charge in [-0.25, -0.2) is 16.8 Å². The predicted molar refractivity (Wildman–Crippen MR) is 146 cm³/mol. The molecule has 4 rings (SSSR count). The fraction of sp³-hybridized carbons (Fsp3) is 0.346. The van der Waals surface area contributed by atoms with Gasteiger partial charge in [-0.1, -0.05) is 53.7 Å². The van der Waals surface area contributed by atoms with Gasteiger partial charge in [-0.15, -0.1) is 0 Å². The average Bonchev–Trinajstić information content (AvgIpc) is 2.86. The van der Waals surface area contributed by atoms with Crippen LogP contribution in [0.15, 0.2) is 82.7 Å². The molecule has 0 unspecified atom stereocenters. The highest BCUT2D eigenvalue weighted by Gasteiger charge is 2.46. The molecule has 8 nitrogen and oxygen atoms in total. The Morgan fingerprint density at radius 1 is 0.730 bits per heavy atom. The van der Waals surface area contributed by atoms with Crippen LogP contribution in [0.1, 0.15) is 23.7 Å². The standard InChI is InChI=1S/C24H28N4O4S2.C2H5.Al/c1-20-6-10-23(11-7-20)33(29,30)26-15-17-28(19-22-5-3-4-14-25-22)18-16-27-34(31,32)24-12-8-21(2)9-13-24;1-2;/h3-14H,15-19H2,1-2H3;1H2,2H3;/q-2;;+2. The second-order valence-electron chi connectivity index (χ2n) is 9.34. The number of aromatic nitrogens is 1. The Labute approximate surface area is 225 Å². The summed E-state index contributed by atoms with van der Waals surface area (Å²) in [4.78, 5) is 6.87. The molecule has 0 spiro atoms. The van der Waals surface area contributed by atoms with Gasteiger partial charge in [0.2, 0.25) is 20.0 Å². The molecule has 3 aromatic rings. The van der Waals surface area contributed by atoms with E-state index in [0.717, 1.165) is 16.8 Å². The van der Waals surface area contributed by atoms with Crippen molar-refractivity contribution in [2.24, 2.45) is 0 Å². The molecule has 1 aliphatic heterocycles. The van der Waals surface area contributed by atoms with Gasteiger partial charge < -0.3 is 0 Å². The van der Waals surface area contributed by atoms with Crippen LogP contribution in [-0.2, 0) is 26.6 Å². The lowest BCUT2D eigenvalue weighted by Crippen LogP contribution is -2.61. The molecule has 0 atom stereocenters. The zero-order valence-corrected chi connectivity index (χ0v) is 24.3. The van der Waals surface area contributed by atoms with Crippen LogP contribution in [0.25, 0.3) is 0 Å². The molecule has 196 valence electrons. The van der Waals surface area contributed by atoms with Gasteiger partial charge in [0.05, 0.1) is 15.5 Å². The molecule has 37 heavy (non-hydrogen) atoms. The first-order valence-corrected chi connectivity index (χ1v) is 17.1. The summed E-state index contributed by atoms with van der Waals surface area (Å²) in [5.41, 5.74) is 2.77. The fourth-order valence-corrected chi connectivity index (χ4v) is 13.7. The Kier molecular flexibility index (Phi) is 8.86. The first kappa shape index (κ1) is 27.9. The Morgan fingerprint density at radius 3 is 1.62 bits per heavy atom. The SMILES string of the molecule is C[CH2][Al]1[N](S(=O)(=O)c2ccc(C)cc2)CCN(Cc2ccccn2)CC[N]1S(=O)(=O)c1ccc(C)cc1. The number of pyridine rings is 1. The zero-order chi connectivity index (χ0) is 26.6. The lowest BCUT2D eigenvalue weighted by molar-refractivity contribution is 0.234. The van der Waals surface area contributed by atoms with E-state index < -0.39 is 34.6 Å². The molecule has 0 radical (unpaired) electrons. The van der Waals surface area contributed by atoms with Gasteiger partial charge >= 0.3 is 14.6 Å². The van der Waals surface area contributed by atoms with E-state index in [9.17, 15) is 16.8 Å². The van der Waals surface area contributed by atoms with Crippen LogP contribution in [-0.4, -0.2) is 74.1 Å². The highest BCUT2D eigenvalue weighted by molar-refractivity contribution is 7.92. The maximum absolute atomic E-state index is 14.0. The maximum atomic E-state index is 14.0. The van der Waals surface area contributed by atoms with Gasteiger partial charge in [0, 0.05) is 38.9 Å². The van der Waals surface area contributed by atoms with Crippen molar-refractivity contribution in [2.75, 3.05) is 26.2 Å². The minimum absolute atomic E-state index is 0.189. The summed E-state index contributed by atoms with van der Waals surface area (Å²) in [6.45, 7) is 7.62. The van der Waals surface area contributed by atoms with Crippen LogP contribution >= 0.6 is 0 Å². The van der Waals surface area contributed by atoms with Crippen LogP contribution in [0.2, 0.25) is 5.28 Å². The zero-order valence-electron chi connectivity index (χ0n) is 21.5. The summed E-state index contributed by atoms with van der Waals surface area (Å²) in [5, 5.41) is 0.455. The number of sulfonamides is 2. The van der Waals surface area contributed by atoms with Crippen molar-refractivity contribution < 1.29 is 16.8 Å². The van der Waals surface area contributed by atoms with Crippen molar-refractivity contribution in [3.05, 3.63) is 89.7 Å². The fourth-order valence-electron chi connectivity index (χ4n) is 4.57. The number of benzene rings is 2. The molecule has 2 heterocycles. The molecule has 2 aromatic carbocycles. The summed E-state index contributed by atoms with van der Waals surface area (Å²) in [6, 6.07) is 19.2. The lowest BCUT2D eigenvalue weighted by atomic mass is 10.2. The number of hydrogen-bond donors (Lipinski definition) is 0. The molecule has 11 heteroatoms. The Morgan fingerprint density at radius 2 is 1.22 bits per heavy atom. The Hall–Kier alpha value is -2.10. The summed E-state index contributed by atoms with van der Waals surface area (Å²) >= 11 is -2.69. The van der Waals surface area contributed by atoms with Crippen molar-refractivity contribution in [1.82, 2.24) is 16.5 Å². The summed E-state index contributed by atoms with van der Waals surface area (Å²) in [6.07, 6.45) is 1.72. The lowest BCUT2D eigenvalue weighted by Gasteiger charge is -2.39. The van der Waals surface area contributed by atoms with E-state index in [-0.39, 0.29) is 22.9 Å². The maximum Gasteiger partial charge on any atom is 0.518 e. The van der Waals surface area contributed by atoms with Gasteiger partial charge in [-0.05, 0) is 50.2 Å². The van der Waals surface area contributed by atoms with Gasteiger partial charge in [0.25, 0.3) is 0 Å². The largest absolute Gasteiger partial charge is 0.518 e. The smallest absolute Gasteiger partial charge is 0.295 e. The van der Waals surface area contributed by atoms with E-state index in [1.54, 1.807) is 54.7 Å². The third kappa shape index (κ3) is 6.32. The second-order valence-corrected chi connectivity index (χ2v) is 16.9. The first-order valence-electron chi connectivity index (χ1n) is 12.4. The van der Waals surface area contributed by atoms with Crippen LogP contribution in [0, 0.1) is 13.8 Å². The monoisotopic (exact) mass is 556 g/mol. The van der Waals surface area contributed by atoms with Crippen molar-refractivity contribution in [3.8, 4) is 0 Å². The minimum atomic E-state index is -3.91. The Bertz CT molecular complexity index is 1310. The molecule has 1 saturated heterocycles. The number of hydrogen-bond acceptors (Lipinski definition) is 6. The van der Waals surface area contributed by atoms with Crippen LogP contribution in [0.3, 0.4) is 0 Å². The highest BCUT2D eigenvalue weighted by Crippen LogP contribution is 2.27. The Balaban J connectivity index is 1.76. The van der Waals surface area contributed by atoms with E-state index >= 15 is 0 Å². The van der Waals surface area contributed by atoms with Crippen LogP contribution in [0.4, 0.5) is 0 Å². The van der Waals surface area contributed by atoms with E-state index in [1.807, 2.05) is 39.0 Å². The van der Waals surface area contributed by atoms with Crippen molar-refractivity contribution in [2.45, 2.75) is 42.4 Å². The number of rotatable bonds is 7. The van der Waals surface area contributed by atoms with Crippen LogP contribution in [0.5, 0.6) is 0 Å². The molecule has 1 fully saturated rings. The average molecular weight is 557 g/mol. The van der Waals surface area contributed by atoms with Crippen molar-refractivity contribution >= 4 is 34.6 Å². The molecule has 1 aromatic heterocycles. The first-order chi connectivity index (χ1) is 17.6. The third-order valence-electron chi connectivity index (χ3n) is 6.67. The van der Waals surface area contributed by atoms with E-state index in [0.29, 0.717) is 24.9 Å². The summed E-state index contributed by atoms with van der Waals surface area (Å²) in [7, 11) is -7.82. The van der Waals surface area contributed by atoms with E-state index in [1.165, 1.54) is 6.58 Å². The van der Waals surface area contributed by atoms with E-state index in [2.05, 4.69) is 9.88 Å². The highest BCUT2D eigenvalue weighted by atomic mass is 32.2. The molecule has 0 N–H and O–H groups in total. The number of aryl methyl sites for hydroxylation is 2. The predicted octanol–water partition coefficient (Wildman–Crippen LogP) is 3.40. The number of nitrogens with zero attached hydrogens (tertiary/aromatic N) is 4. The molecule has 0 saturated carbocycles. The molecular formula is C26H33AlN4O4S2. The van der Waals surface area contributed by atoms with Gasteiger partial charge in [-0.3, -0.25) is 16.5 Å². The van der Waals surface area contributed by atoms with Crippen LogP contribution < -0.4 is 0 Å². The van der Waals surface area contributed by atoms with E-state index in [4.69, 9.17) is 0 Å². The third-order valence-corrected chi connectivity index (χ3v) is 15.7. The molecule has 1 aliphatic rings. The normalized spacial score (nSPS) is 16.9. The van der Waals surface area contributed by atoms with Crippen molar-refractivity contribution in [1.29, 1.82) is 0 Å². The topological polar surface area (TPSA) is 90.9 Å². The summed E-state index contributed by atoms with van der Waals surface area (Å²) in [5.74, 6) is 0. The second kappa shape index (κ2) is 11.7. The molecule has 0 bridgehead atoms. The van der Waals surface area contributed by atoms with Gasteiger partial charge in [0.1, 0.15) is 0 Å². The molecule has 0 aliphatic carbocycles.